The fourth-order valence-corrected chi connectivity index (χ4v) is 2.75. The number of esters is 1. The lowest BCUT2D eigenvalue weighted by atomic mass is 9.97. The Morgan fingerprint density at radius 1 is 1.21 bits per heavy atom. The molecule has 1 heterocycles. The number of ether oxygens (including phenoxy) is 2. The average molecular weight is 387 g/mol. The zero-order valence-electron chi connectivity index (χ0n) is 16.4. The van der Waals surface area contributed by atoms with E-state index in [1.807, 2.05) is 6.07 Å². The third-order valence-electron chi connectivity index (χ3n) is 4.15. The van der Waals surface area contributed by atoms with Crippen LogP contribution in [0.1, 0.15) is 39.2 Å². The molecule has 1 aromatic carbocycles. The molecule has 0 aliphatic carbocycles. The standard InChI is InChI=1S/C20H25N3O5/c1-20(2,3)28-19(26)23-10-8-14(9-11-23)18(25)27-13-17(24)22-16-7-5-4-6-15(16)12-21/h4-7,14H,8-11,13H2,1-3H3,(H,22,24). The number of carbonyl (C=O) groups is 3. The molecule has 0 saturated carbocycles. The molecule has 2 amide bonds. The zero-order chi connectivity index (χ0) is 20.7. The molecule has 0 bridgehead atoms. The summed E-state index contributed by atoms with van der Waals surface area (Å²) >= 11 is 0. The molecular formula is C20H25N3O5. The molecule has 1 saturated heterocycles. The second kappa shape index (κ2) is 9.22. The predicted octanol–water partition coefficient (Wildman–Crippen LogP) is 2.69. The van der Waals surface area contributed by atoms with Crippen LogP contribution >= 0.6 is 0 Å². The molecule has 1 N–H and O–H groups in total. The Balaban J connectivity index is 1.76. The van der Waals surface area contributed by atoms with Crippen molar-refractivity contribution in [3.05, 3.63) is 29.8 Å². The van der Waals surface area contributed by atoms with Crippen LogP contribution in [0.3, 0.4) is 0 Å². The first-order valence-electron chi connectivity index (χ1n) is 9.13. The minimum atomic E-state index is -0.565. The fourth-order valence-electron chi connectivity index (χ4n) is 2.75. The van der Waals surface area contributed by atoms with Gasteiger partial charge < -0.3 is 19.7 Å². The monoisotopic (exact) mass is 387 g/mol. The van der Waals surface area contributed by atoms with Gasteiger partial charge in [0.05, 0.1) is 17.2 Å². The van der Waals surface area contributed by atoms with E-state index in [1.54, 1.807) is 49.9 Å². The van der Waals surface area contributed by atoms with Gasteiger partial charge in [-0.15, -0.1) is 0 Å². The number of rotatable bonds is 4. The Morgan fingerprint density at radius 3 is 2.46 bits per heavy atom. The molecule has 28 heavy (non-hydrogen) atoms. The lowest BCUT2D eigenvalue weighted by Gasteiger charge is -2.32. The van der Waals surface area contributed by atoms with E-state index in [4.69, 9.17) is 14.7 Å². The first-order chi connectivity index (χ1) is 13.2. The van der Waals surface area contributed by atoms with Crippen molar-refractivity contribution in [2.24, 2.45) is 5.92 Å². The molecule has 8 heteroatoms. The van der Waals surface area contributed by atoms with Crippen molar-refractivity contribution in [1.29, 1.82) is 5.26 Å². The molecule has 1 aliphatic heterocycles. The molecule has 0 spiro atoms. The minimum Gasteiger partial charge on any atom is -0.455 e. The number of carbonyl (C=O) groups excluding carboxylic acids is 3. The number of benzene rings is 1. The zero-order valence-corrected chi connectivity index (χ0v) is 16.4. The molecular weight excluding hydrogens is 362 g/mol. The highest BCUT2D eigenvalue weighted by Crippen LogP contribution is 2.21. The Bertz CT molecular complexity index is 771. The number of likely N-dealkylation sites (tertiary alicyclic amines) is 1. The van der Waals surface area contributed by atoms with Gasteiger partial charge in [0.2, 0.25) is 0 Å². The number of anilines is 1. The molecule has 1 fully saturated rings. The van der Waals surface area contributed by atoms with E-state index in [0.717, 1.165) is 0 Å². The maximum Gasteiger partial charge on any atom is 0.410 e. The van der Waals surface area contributed by atoms with Gasteiger partial charge in [0.25, 0.3) is 5.91 Å². The number of nitriles is 1. The van der Waals surface area contributed by atoms with Gasteiger partial charge in [-0.1, -0.05) is 12.1 Å². The van der Waals surface area contributed by atoms with Gasteiger partial charge in [-0.25, -0.2) is 4.79 Å². The van der Waals surface area contributed by atoms with Crippen molar-refractivity contribution >= 4 is 23.7 Å². The van der Waals surface area contributed by atoms with Crippen molar-refractivity contribution in [2.45, 2.75) is 39.2 Å². The summed E-state index contributed by atoms with van der Waals surface area (Å²) in [7, 11) is 0. The molecule has 0 radical (unpaired) electrons. The Labute approximate surface area is 164 Å². The number of nitrogens with one attached hydrogen (secondary N) is 1. The topological polar surface area (TPSA) is 109 Å². The van der Waals surface area contributed by atoms with Crippen molar-refractivity contribution in [1.82, 2.24) is 4.90 Å². The third-order valence-corrected chi connectivity index (χ3v) is 4.15. The first kappa shape index (κ1) is 21.2. The molecule has 150 valence electrons. The first-order valence-corrected chi connectivity index (χ1v) is 9.13. The van der Waals surface area contributed by atoms with Crippen LogP contribution in [0.5, 0.6) is 0 Å². The lowest BCUT2D eigenvalue weighted by Crippen LogP contribution is -2.43. The van der Waals surface area contributed by atoms with Gasteiger partial charge in [-0.05, 0) is 45.7 Å². The van der Waals surface area contributed by atoms with Crippen LogP contribution in [0.2, 0.25) is 0 Å². The van der Waals surface area contributed by atoms with Crippen LogP contribution in [-0.4, -0.2) is 48.2 Å². The van der Waals surface area contributed by atoms with E-state index in [-0.39, 0.29) is 5.92 Å². The van der Waals surface area contributed by atoms with Crippen LogP contribution in [0, 0.1) is 17.2 Å². The van der Waals surface area contributed by atoms with Crippen molar-refractivity contribution in [3.63, 3.8) is 0 Å². The second-order valence-electron chi connectivity index (χ2n) is 7.55. The van der Waals surface area contributed by atoms with E-state index in [0.29, 0.717) is 37.2 Å². The molecule has 2 rings (SSSR count). The summed E-state index contributed by atoms with van der Waals surface area (Å²) in [6.45, 7) is 5.77. The van der Waals surface area contributed by atoms with Crippen LogP contribution in [-0.2, 0) is 19.1 Å². The molecule has 8 nitrogen and oxygen atoms in total. The van der Waals surface area contributed by atoms with Crippen molar-refractivity contribution < 1.29 is 23.9 Å². The van der Waals surface area contributed by atoms with Crippen LogP contribution in [0.4, 0.5) is 10.5 Å². The number of hydrogen-bond acceptors (Lipinski definition) is 6. The predicted molar refractivity (Wildman–Crippen MR) is 101 cm³/mol. The Kier molecular flexibility index (Phi) is 6.99. The van der Waals surface area contributed by atoms with Gasteiger partial charge in [-0.2, -0.15) is 5.26 Å². The van der Waals surface area contributed by atoms with Gasteiger partial charge in [0.15, 0.2) is 6.61 Å². The average Bonchev–Trinajstić information content (AvgIpc) is 2.65. The highest BCUT2D eigenvalue weighted by atomic mass is 16.6. The van der Waals surface area contributed by atoms with Gasteiger partial charge in [0.1, 0.15) is 11.7 Å². The van der Waals surface area contributed by atoms with Gasteiger partial charge in [0, 0.05) is 13.1 Å². The van der Waals surface area contributed by atoms with E-state index in [9.17, 15) is 14.4 Å². The Morgan fingerprint density at radius 2 is 1.86 bits per heavy atom. The number of hydrogen-bond donors (Lipinski definition) is 1. The van der Waals surface area contributed by atoms with E-state index in [1.165, 1.54) is 0 Å². The number of amides is 2. The van der Waals surface area contributed by atoms with Gasteiger partial charge in [-0.3, -0.25) is 9.59 Å². The maximum absolute atomic E-state index is 12.2. The smallest absolute Gasteiger partial charge is 0.410 e. The summed E-state index contributed by atoms with van der Waals surface area (Å²) in [4.78, 5) is 37.8. The summed E-state index contributed by atoms with van der Waals surface area (Å²) in [5.74, 6) is -1.34. The molecule has 1 aromatic rings. The van der Waals surface area contributed by atoms with E-state index in [2.05, 4.69) is 5.32 Å². The summed E-state index contributed by atoms with van der Waals surface area (Å²) in [6, 6.07) is 8.55. The van der Waals surface area contributed by atoms with Crippen LogP contribution in [0.25, 0.3) is 0 Å². The molecule has 0 atom stereocenters. The molecule has 0 unspecified atom stereocenters. The second-order valence-corrected chi connectivity index (χ2v) is 7.55. The fraction of sp³-hybridized carbons (Fsp3) is 0.500. The largest absolute Gasteiger partial charge is 0.455 e. The summed E-state index contributed by atoms with van der Waals surface area (Å²) in [5, 5.41) is 11.6. The molecule has 0 aromatic heterocycles. The summed E-state index contributed by atoms with van der Waals surface area (Å²) in [5.41, 5.74) is 0.137. The number of para-hydroxylation sites is 1. The van der Waals surface area contributed by atoms with Crippen molar-refractivity contribution in [3.8, 4) is 6.07 Å². The summed E-state index contributed by atoms with van der Waals surface area (Å²) < 4.78 is 10.4. The normalized spacial score (nSPS) is 14.7. The number of nitrogens with zero attached hydrogens (tertiary/aromatic N) is 2. The Hall–Kier alpha value is -3.08. The third kappa shape index (κ3) is 6.27. The minimum absolute atomic E-state index is 0.330. The molecule has 1 aliphatic rings. The maximum atomic E-state index is 12.2. The lowest BCUT2D eigenvalue weighted by molar-refractivity contribution is -0.153. The van der Waals surface area contributed by atoms with Gasteiger partial charge >= 0.3 is 12.1 Å². The van der Waals surface area contributed by atoms with Crippen molar-refractivity contribution in [2.75, 3.05) is 25.0 Å². The quantitative estimate of drug-likeness (QED) is 0.796. The van der Waals surface area contributed by atoms with Crippen LogP contribution in [0.15, 0.2) is 24.3 Å². The highest BCUT2D eigenvalue weighted by molar-refractivity contribution is 5.94. The summed E-state index contributed by atoms with van der Waals surface area (Å²) in [6.07, 6.45) is 0.517. The van der Waals surface area contributed by atoms with Crippen LogP contribution < -0.4 is 5.32 Å². The highest BCUT2D eigenvalue weighted by Gasteiger charge is 2.30. The van der Waals surface area contributed by atoms with E-state index < -0.39 is 30.2 Å². The number of piperidine rings is 1. The van der Waals surface area contributed by atoms with E-state index >= 15 is 0 Å². The SMILES string of the molecule is CC(C)(C)OC(=O)N1CCC(C(=O)OCC(=O)Nc2ccccc2C#N)CC1.